The summed E-state index contributed by atoms with van der Waals surface area (Å²) in [6.45, 7) is 6.24. The Morgan fingerprint density at radius 1 is 1.15 bits per heavy atom. The predicted octanol–water partition coefficient (Wildman–Crippen LogP) is 2.70. The van der Waals surface area contributed by atoms with E-state index in [-0.39, 0.29) is 12.0 Å². The van der Waals surface area contributed by atoms with E-state index in [0.29, 0.717) is 18.3 Å². The van der Waals surface area contributed by atoms with Gasteiger partial charge in [0.05, 0.1) is 18.3 Å². The highest BCUT2D eigenvalue weighted by Crippen LogP contribution is 2.23. The van der Waals surface area contributed by atoms with E-state index in [2.05, 4.69) is 31.9 Å². The van der Waals surface area contributed by atoms with Crippen molar-refractivity contribution in [1.29, 1.82) is 0 Å². The molecular formula is C20H23N5O2. The van der Waals surface area contributed by atoms with Crippen molar-refractivity contribution >= 4 is 0 Å². The molecule has 2 aromatic heterocycles. The molecule has 140 valence electrons. The van der Waals surface area contributed by atoms with E-state index < -0.39 is 0 Å². The standard InChI is InChI=1S/C20H23N5O2/c1-13-11-25(10-8-18(13)26)12-19-23-20(24-27-19)16-5-3-15(4-6-16)17-7-9-21-14(2)22-17/h3-7,9,13,18,26H,8,10-12H2,1-2H3/t13-,18-/m0/s1. The topological polar surface area (TPSA) is 88.2 Å². The highest BCUT2D eigenvalue weighted by atomic mass is 16.5. The number of piperidine rings is 1. The molecule has 7 heteroatoms. The van der Waals surface area contributed by atoms with Gasteiger partial charge in [-0.05, 0) is 25.3 Å². The van der Waals surface area contributed by atoms with Crippen LogP contribution in [0.15, 0.2) is 41.1 Å². The molecule has 0 unspecified atom stereocenters. The van der Waals surface area contributed by atoms with Crippen molar-refractivity contribution in [2.75, 3.05) is 13.1 Å². The number of aliphatic hydroxyl groups excluding tert-OH is 1. The highest BCUT2D eigenvalue weighted by molar-refractivity contribution is 5.64. The number of benzene rings is 1. The van der Waals surface area contributed by atoms with Gasteiger partial charge in [0.25, 0.3) is 0 Å². The summed E-state index contributed by atoms with van der Waals surface area (Å²) < 4.78 is 5.43. The molecular weight excluding hydrogens is 342 g/mol. The number of aryl methyl sites for hydroxylation is 1. The summed E-state index contributed by atoms with van der Waals surface area (Å²) in [6, 6.07) is 9.84. The highest BCUT2D eigenvalue weighted by Gasteiger charge is 2.25. The van der Waals surface area contributed by atoms with Gasteiger partial charge in [-0.25, -0.2) is 9.97 Å². The van der Waals surface area contributed by atoms with Crippen LogP contribution >= 0.6 is 0 Å². The first-order valence-electron chi connectivity index (χ1n) is 9.22. The maximum atomic E-state index is 9.85. The molecule has 0 bridgehead atoms. The lowest BCUT2D eigenvalue weighted by Crippen LogP contribution is -2.41. The van der Waals surface area contributed by atoms with Crippen LogP contribution < -0.4 is 0 Å². The van der Waals surface area contributed by atoms with Crippen LogP contribution in [0.4, 0.5) is 0 Å². The largest absolute Gasteiger partial charge is 0.393 e. The smallest absolute Gasteiger partial charge is 0.241 e. The molecule has 0 saturated carbocycles. The zero-order valence-corrected chi connectivity index (χ0v) is 15.5. The summed E-state index contributed by atoms with van der Waals surface area (Å²) in [6.07, 6.45) is 2.33. The van der Waals surface area contributed by atoms with Crippen LogP contribution in [-0.2, 0) is 6.54 Å². The molecule has 1 aliphatic heterocycles. The summed E-state index contributed by atoms with van der Waals surface area (Å²) in [4.78, 5) is 15.3. The van der Waals surface area contributed by atoms with Gasteiger partial charge >= 0.3 is 0 Å². The Bertz CT molecular complexity index is 909. The Morgan fingerprint density at radius 2 is 1.93 bits per heavy atom. The zero-order valence-electron chi connectivity index (χ0n) is 15.5. The number of rotatable bonds is 4. The first-order chi connectivity index (χ1) is 13.1. The van der Waals surface area contributed by atoms with Gasteiger partial charge in [0.1, 0.15) is 5.82 Å². The fourth-order valence-corrected chi connectivity index (χ4v) is 3.40. The molecule has 27 heavy (non-hydrogen) atoms. The lowest BCUT2D eigenvalue weighted by molar-refractivity contribution is 0.0282. The lowest BCUT2D eigenvalue weighted by Gasteiger charge is -2.33. The van der Waals surface area contributed by atoms with Gasteiger partial charge in [-0.1, -0.05) is 36.3 Å². The summed E-state index contributed by atoms with van der Waals surface area (Å²) in [5.41, 5.74) is 2.82. The van der Waals surface area contributed by atoms with Crippen molar-refractivity contribution in [2.45, 2.75) is 32.9 Å². The second kappa shape index (κ2) is 7.54. The fourth-order valence-electron chi connectivity index (χ4n) is 3.40. The maximum absolute atomic E-state index is 9.85. The molecule has 1 aromatic carbocycles. The lowest BCUT2D eigenvalue weighted by atomic mass is 9.97. The third-order valence-corrected chi connectivity index (χ3v) is 4.99. The zero-order chi connectivity index (χ0) is 18.8. The molecule has 0 amide bonds. The van der Waals surface area contributed by atoms with Crippen LogP contribution in [0.1, 0.15) is 25.1 Å². The molecule has 1 aliphatic rings. The van der Waals surface area contributed by atoms with E-state index in [0.717, 1.165) is 42.2 Å². The molecule has 7 nitrogen and oxygen atoms in total. The summed E-state index contributed by atoms with van der Waals surface area (Å²) in [5, 5.41) is 14.0. The fraction of sp³-hybridized carbons (Fsp3) is 0.400. The molecule has 2 atom stereocenters. The van der Waals surface area contributed by atoms with Crippen LogP contribution in [0.2, 0.25) is 0 Å². The average Bonchev–Trinajstić information content (AvgIpc) is 3.13. The van der Waals surface area contributed by atoms with Crippen molar-refractivity contribution in [1.82, 2.24) is 25.0 Å². The van der Waals surface area contributed by atoms with Gasteiger partial charge in [0, 0.05) is 30.4 Å². The first-order valence-corrected chi connectivity index (χ1v) is 9.22. The maximum Gasteiger partial charge on any atom is 0.241 e. The van der Waals surface area contributed by atoms with Crippen molar-refractivity contribution < 1.29 is 9.63 Å². The van der Waals surface area contributed by atoms with Crippen LogP contribution in [-0.4, -0.2) is 49.3 Å². The van der Waals surface area contributed by atoms with E-state index in [1.807, 2.05) is 37.3 Å². The van der Waals surface area contributed by atoms with Crippen LogP contribution in [0.25, 0.3) is 22.6 Å². The van der Waals surface area contributed by atoms with Crippen molar-refractivity contribution in [3.63, 3.8) is 0 Å². The summed E-state index contributed by atoms with van der Waals surface area (Å²) in [5.74, 6) is 2.20. The minimum Gasteiger partial charge on any atom is -0.393 e. The van der Waals surface area contributed by atoms with E-state index in [1.165, 1.54) is 0 Å². The normalized spacial score (nSPS) is 20.7. The minimum absolute atomic E-state index is 0.211. The average molecular weight is 365 g/mol. The van der Waals surface area contributed by atoms with Crippen LogP contribution in [0.5, 0.6) is 0 Å². The van der Waals surface area contributed by atoms with E-state index in [4.69, 9.17) is 4.52 Å². The monoisotopic (exact) mass is 365 g/mol. The van der Waals surface area contributed by atoms with Gasteiger partial charge < -0.3 is 9.63 Å². The van der Waals surface area contributed by atoms with E-state index in [9.17, 15) is 5.11 Å². The number of nitrogens with zero attached hydrogens (tertiary/aromatic N) is 5. The Labute approximate surface area is 158 Å². The van der Waals surface area contributed by atoms with Gasteiger partial charge in [-0.2, -0.15) is 4.98 Å². The van der Waals surface area contributed by atoms with Gasteiger partial charge in [-0.15, -0.1) is 0 Å². The Morgan fingerprint density at radius 3 is 2.67 bits per heavy atom. The molecule has 1 saturated heterocycles. The summed E-state index contributed by atoms with van der Waals surface area (Å²) >= 11 is 0. The first kappa shape index (κ1) is 17.8. The summed E-state index contributed by atoms with van der Waals surface area (Å²) in [7, 11) is 0. The predicted molar refractivity (Wildman–Crippen MR) is 101 cm³/mol. The number of aliphatic hydroxyl groups is 1. The molecule has 1 fully saturated rings. The second-order valence-corrected chi connectivity index (χ2v) is 7.15. The van der Waals surface area contributed by atoms with Gasteiger partial charge in [0.15, 0.2) is 0 Å². The van der Waals surface area contributed by atoms with Crippen molar-refractivity contribution in [2.24, 2.45) is 5.92 Å². The SMILES string of the molecule is Cc1nccc(-c2ccc(-c3noc(CN4CC[C@H](O)[C@@H](C)C4)n3)cc2)n1. The molecule has 4 rings (SSSR count). The molecule has 3 aromatic rings. The van der Waals surface area contributed by atoms with Crippen molar-refractivity contribution in [3.05, 3.63) is 48.2 Å². The molecule has 3 heterocycles. The number of aromatic nitrogens is 4. The van der Waals surface area contributed by atoms with E-state index in [1.54, 1.807) is 6.20 Å². The third kappa shape index (κ3) is 4.04. The quantitative estimate of drug-likeness (QED) is 0.760. The molecule has 0 aliphatic carbocycles. The van der Waals surface area contributed by atoms with Crippen LogP contribution in [0, 0.1) is 12.8 Å². The van der Waals surface area contributed by atoms with Crippen LogP contribution in [0.3, 0.4) is 0 Å². The van der Waals surface area contributed by atoms with Crippen molar-refractivity contribution in [3.8, 4) is 22.6 Å². The number of hydrogen-bond donors (Lipinski definition) is 1. The Hall–Kier alpha value is -2.64. The number of hydrogen-bond acceptors (Lipinski definition) is 7. The molecule has 0 spiro atoms. The van der Waals surface area contributed by atoms with Gasteiger partial charge in [-0.3, -0.25) is 4.90 Å². The van der Waals surface area contributed by atoms with Gasteiger partial charge in [0.2, 0.25) is 11.7 Å². The van der Waals surface area contributed by atoms with E-state index >= 15 is 0 Å². The molecule has 0 radical (unpaired) electrons. The Kier molecular flexibility index (Phi) is 4.96. The second-order valence-electron chi connectivity index (χ2n) is 7.15. The third-order valence-electron chi connectivity index (χ3n) is 4.99. The minimum atomic E-state index is -0.211. The Balaban J connectivity index is 1.45. The molecule has 1 N–H and O–H groups in total. The number of likely N-dealkylation sites (tertiary alicyclic amines) is 1.